The van der Waals surface area contributed by atoms with E-state index < -0.39 is 6.03 Å². The third kappa shape index (κ3) is 4.69. The second-order valence-electron chi connectivity index (χ2n) is 6.45. The number of benzene rings is 1. The van der Waals surface area contributed by atoms with Gasteiger partial charge >= 0.3 is 6.03 Å². The molecule has 2 aromatic rings. The average molecular weight is 360 g/mol. The standard InChI is InChI=1S/C18H24N4O2S/c19-18(24)20-10-4-3-9-16(23)22-11-5-6-13(12-22)17-21-14-7-1-2-8-15(14)25-17/h1-2,7-8,13H,3-6,9-12H2,(H3,19,20,24)/t13-/m1/s1. The van der Waals surface area contributed by atoms with Gasteiger partial charge in [0.2, 0.25) is 5.91 Å². The lowest BCUT2D eigenvalue weighted by Crippen LogP contribution is -2.39. The predicted octanol–water partition coefficient (Wildman–Crippen LogP) is 2.84. The Morgan fingerprint density at radius 1 is 1.32 bits per heavy atom. The van der Waals surface area contributed by atoms with Crippen molar-refractivity contribution in [2.75, 3.05) is 19.6 Å². The third-order valence-corrected chi connectivity index (χ3v) is 5.75. The van der Waals surface area contributed by atoms with E-state index in [0.29, 0.717) is 18.9 Å². The summed E-state index contributed by atoms with van der Waals surface area (Å²) in [6.45, 7) is 2.12. The van der Waals surface area contributed by atoms with Crippen LogP contribution in [-0.4, -0.2) is 41.5 Å². The van der Waals surface area contributed by atoms with Crippen LogP contribution in [0.3, 0.4) is 0 Å². The summed E-state index contributed by atoms with van der Waals surface area (Å²) < 4.78 is 1.21. The number of hydrogen-bond acceptors (Lipinski definition) is 4. The lowest BCUT2D eigenvalue weighted by Gasteiger charge is -2.32. The van der Waals surface area contributed by atoms with Gasteiger partial charge in [-0.3, -0.25) is 4.79 Å². The van der Waals surface area contributed by atoms with Crippen molar-refractivity contribution in [1.82, 2.24) is 15.2 Å². The van der Waals surface area contributed by atoms with E-state index in [-0.39, 0.29) is 5.91 Å². The van der Waals surface area contributed by atoms with Crippen molar-refractivity contribution in [1.29, 1.82) is 0 Å². The van der Waals surface area contributed by atoms with Gasteiger partial charge in [-0.2, -0.15) is 0 Å². The van der Waals surface area contributed by atoms with Gasteiger partial charge in [-0.1, -0.05) is 12.1 Å². The molecule has 1 aromatic carbocycles. The summed E-state index contributed by atoms with van der Waals surface area (Å²) in [5, 5.41) is 3.69. The molecule has 1 atom stereocenters. The molecule has 0 aliphatic carbocycles. The van der Waals surface area contributed by atoms with Crippen molar-refractivity contribution in [2.45, 2.75) is 38.0 Å². The number of aromatic nitrogens is 1. The first-order valence-electron chi connectivity index (χ1n) is 8.80. The number of nitrogens with two attached hydrogens (primary N) is 1. The Hall–Kier alpha value is -2.15. The summed E-state index contributed by atoms with van der Waals surface area (Å²) >= 11 is 1.74. The van der Waals surface area contributed by atoms with Crippen molar-refractivity contribution in [3.8, 4) is 0 Å². The molecule has 7 heteroatoms. The second kappa shape index (κ2) is 8.29. The monoisotopic (exact) mass is 360 g/mol. The minimum Gasteiger partial charge on any atom is -0.352 e. The van der Waals surface area contributed by atoms with Gasteiger partial charge in [-0.05, 0) is 37.8 Å². The van der Waals surface area contributed by atoms with E-state index in [1.165, 1.54) is 4.70 Å². The van der Waals surface area contributed by atoms with Crippen LogP contribution in [0.5, 0.6) is 0 Å². The number of hydrogen-bond donors (Lipinski definition) is 2. The quantitative estimate of drug-likeness (QED) is 0.776. The Balaban J connectivity index is 1.52. The number of carbonyl (C=O) groups is 2. The Morgan fingerprint density at radius 2 is 2.16 bits per heavy atom. The summed E-state index contributed by atoms with van der Waals surface area (Å²) in [5.41, 5.74) is 6.07. The van der Waals surface area contributed by atoms with Gasteiger partial charge in [0.15, 0.2) is 0 Å². The molecule has 134 valence electrons. The van der Waals surface area contributed by atoms with Crippen LogP contribution in [0.1, 0.15) is 43.0 Å². The molecule has 1 saturated heterocycles. The molecule has 3 rings (SSSR count). The van der Waals surface area contributed by atoms with Crippen LogP contribution in [0.4, 0.5) is 4.79 Å². The van der Waals surface area contributed by atoms with Crippen molar-refractivity contribution in [2.24, 2.45) is 5.73 Å². The highest BCUT2D eigenvalue weighted by atomic mass is 32.1. The topological polar surface area (TPSA) is 88.3 Å². The van der Waals surface area contributed by atoms with E-state index in [4.69, 9.17) is 10.7 Å². The molecule has 0 saturated carbocycles. The number of primary amides is 1. The number of nitrogens with zero attached hydrogens (tertiary/aromatic N) is 2. The van der Waals surface area contributed by atoms with Crippen LogP contribution < -0.4 is 11.1 Å². The van der Waals surface area contributed by atoms with Gasteiger partial charge in [0, 0.05) is 32.0 Å². The summed E-state index contributed by atoms with van der Waals surface area (Å²) in [6, 6.07) is 7.67. The van der Waals surface area contributed by atoms with Gasteiger partial charge in [-0.15, -0.1) is 11.3 Å². The van der Waals surface area contributed by atoms with Gasteiger partial charge in [0.05, 0.1) is 15.2 Å². The summed E-state index contributed by atoms with van der Waals surface area (Å²) in [4.78, 5) is 29.8. The maximum Gasteiger partial charge on any atom is 0.312 e. The van der Waals surface area contributed by atoms with Crippen molar-refractivity contribution in [3.63, 3.8) is 0 Å². The van der Waals surface area contributed by atoms with Crippen LogP contribution in [0.2, 0.25) is 0 Å². The lowest BCUT2D eigenvalue weighted by atomic mass is 9.98. The molecule has 2 heterocycles. The predicted molar refractivity (Wildman–Crippen MR) is 99.6 cm³/mol. The molecule has 0 bridgehead atoms. The zero-order valence-electron chi connectivity index (χ0n) is 14.2. The molecule has 1 aromatic heterocycles. The number of fused-ring (bicyclic) bond motifs is 1. The highest BCUT2D eigenvalue weighted by Crippen LogP contribution is 2.33. The van der Waals surface area contributed by atoms with E-state index in [0.717, 1.165) is 49.3 Å². The Morgan fingerprint density at radius 3 is 2.96 bits per heavy atom. The van der Waals surface area contributed by atoms with Gasteiger partial charge in [-0.25, -0.2) is 9.78 Å². The molecule has 1 aliphatic heterocycles. The van der Waals surface area contributed by atoms with E-state index >= 15 is 0 Å². The highest BCUT2D eigenvalue weighted by Gasteiger charge is 2.26. The minimum absolute atomic E-state index is 0.199. The van der Waals surface area contributed by atoms with Gasteiger partial charge in [0.1, 0.15) is 0 Å². The number of nitrogens with one attached hydrogen (secondary N) is 1. The smallest absolute Gasteiger partial charge is 0.312 e. The minimum atomic E-state index is -0.513. The van der Waals surface area contributed by atoms with Crippen LogP contribution >= 0.6 is 11.3 Å². The number of likely N-dealkylation sites (tertiary alicyclic amines) is 1. The maximum absolute atomic E-state index is 12.4. The Labute approximate surface area is 151 Å². The first-order chi connectivity index (χ1) is 12.1. The molecule has 1 fully saturated rings. The Bertz CT molecular complexity index is 713. The van der Waals surface area contributed by atoms with Crippen LogP contribution in [0.15, 0.2) is 24.3 Å². The maximum atomic E-state index is 12.4. The van der Waals surface area contributed by atoms with Crippen molar-refractivity contribution >= 4 is 33.5 Å². The van der Waals surface area contributed by atoms with Crippen LogP contribution in [0.25, 0.3) is 10.2 Å². The average Bonchev–Trinajstić information content (AvgIpc) is 3.05. The fourth-order valence-corrected chi connectivity index (χ4v) is 4.33. The van der Waals surface area contributed by atoms with E-state index in [1.807, 2.05) is 23.1 Å². The number of piperidine rings is 1. The summed E-state index contributed by atoms with van der Waals surface area (Å²) in [6.07, 6.45) is 4.17. The number of para-hydroxylation sites is 1. The molecule has 3 amide bonds. The number of carbonyl (C=O) groups excluding carboxylic acids is 2. The zero-order valence-corrected chi connectivity index (χ0v) is 15.1. The molecule has 6 nitrogen and oxygen atoms in total. The molecule has 0 spiro atoms. The van der Waals surface area contributed by atoms with Crippen molar-refractivity contribution < 1.29 is 9.59 Å². The fourth-order valence-electron chi connectivity index (χ4n) is 3.24. The molecule has 3 N–H and O–H groups in total. The van der Waals surface area contributed by atoms with E-state index in [1.54, 1.807) is 11.3 Å². The van der Waals surface area contributed by atoms with E-state index in [2.05, 4.69) is 11.4 Å². The first kappa shape index (κ1) is 17.7. The fraction of sp³-hybridized carbons (Fsp3) is 0.500. The van der Waals surface area contributed by atoms with Crippen LogP contribution in [0, 0.1) is 0 Å². The first-order valence-corrected chi connectivity index (χ1v) is 9.61. The SMILES string of the molecule is NC(=O)NCCCCC(=O)N1CCC[C@@H](c2nc3ccccc3s2)C1. The number of rotatable bonds is 6. The number of urea groups is 1. The molecule has 25 heavy (non-hydrogen) atoms. The van der Waals surface area contributed by atoms with Gasteiger partial charge < -0.3 is 16.0 Å². The van der Waals surface area contributed by atoms with Gasteiger partial charge in [0.25, 0.3) is 0 Å². The van der Waals surface area contributed by atoms with Crippen molar-refractivity contribution in [3.05, 3.63) is 29.3 Å². The summed E-state index contributed by atoms with van der Waals surface area (Å²) in [7, 11) is 0. The molecule has 0 radical (unpaired) electrons. The molecular formula is C18H24N4O2S. The molecule has 0 unspecified atom stereocenters. The van der Waals surface area contributed by atoms with E-state index in [9.17, 15) is 9.59 Å². The lowest BCUT2D eigenvalue weighted by molar-refractivity contribution is -0.132. The van der Waals surface area contributed by atoms with Crippen LogP contribution in [-0.2, 0) is 4.79 Å². The number of amides is 3. The zero-order chi connectivity index (χ0) is 17.6. The highest BCUT2D eigenvalue weighted by molar-refractivity contribution is 7.18. The normalized spacial score (nSPS) is 17.6. The number of unbranched alkanes of at least 4 members (excludes halogenated alkanes) is 1. The molecule has 1 aliphatic rings. The second-order valence-corrected chi connectivity index (χ2v) is 7.51. The Kier molecular flexibility index (Phi) is 5.86. The third-order valence-electron chi connectivity index (χ3n) is 4.55. The largest absolute Gasteiger partial charge is 0.352 e. The summed E-state index contributed by atoms with van der Waals surface area (Å²) in [5.74, 6) is 0.538. The number of thiazole rings is 1. The molecular weight excluding hydrogens is 336 g/mol.